The molecule has 142 valence electrons. The molecule has 1 N–H and O–H groups in total. The molecule has 5 nitrogen and oxygen atoms in total. The molecule has 1 amide bonds. The van der Waals surface area contributed by atoms with E-state index in [2.05, 4.69) is 10.4 Å². The fourth-order valence-corrected chi connectivity index (χ4v) is 4.45. The summed E-state index contributed by atoms with van der Waals surface area (Å²) < 4.78 is 3.20. The molecule has 2 heterocycles. The van der Waals surface area contributed by atoms with Crippen molar-refractivity contribution in [1.29, 1.82) is 0 Å². The van der Waals surface area contributed by atoms with E-state index in [4.69, 9.17) is 11.6 Å². The quantitative estimate of drug-likeness (QED) is 0.539. The molecule has 0 aliphatic rings. The molecule has 1 unspecified atom stereocenters. The molecule has 0 radical (unpaired) electrons. The largest absolute Gasteiger partial charge is 0.350 e. The van der Waals surface area contributed by atoms with Gasteiger partial charge in [-0.05, 0) is 37.6 Å². The van der Waals surface area contributed by atoms with Gasteiger partial charge in [0.05, 0.1) is 15.8 Å². The average Bonchev–Trinajstić information content (AvgIpc) is 3.10. The Hall–Kier alpha value is -2.70. The second kappa shape index (κ2) is 7.37. The van der Waals surface area contributed by atoms with Crippen LogP contribution in [0.2, 0.25) is 5.02 Å². The summed E-state index contributed by atoms with van der Waals surface area (Å²) in [6, 6.07) is 14.3. The van der Waals surface area contributed by atoms with Crippen LogP contribution in [0.4, 0.5) is 0 Å². The zero-order valence-electron chi connectivity index (χ0n) is 15.4. The van der Waals surface area contributed by atoms with Crippen molar-refractivity contribution in [3.05, 3.63) is 75.2 Å². The molecule has 0 saturated heterocycles. The van der Waals surface area contributed by atoms with Crippen LogP contribution in [-0.4, -0.2) is 15.7 Å². The lowest BCUT2D eigenvalue weighted by Crippen LogP contribution is -2.37. The monoisotopic (exact) mass is 411 g/mol. The highest BCUT2D eigenvalue weighted by Gasteiger charge is 2.21. The van der Waals surface area contributed by atoms with Gasteiger partial charge in [-0.25, -0.2) is 4.68 Å². The lowest BCUT2D eigenvalue weighted by Gasteiger charge is -2.15. The van der Waals surface area contributed by atoms with Crippen molar-refractivity contribution in [2.45, 2.75) is 26.4 Å². The molecule has 1 atom stereocenters. The van der Waals surface area contributed by atoms with Crippen LogP contribution in [0.1, 0.15) is 24.2 Å². The molecule has 28 heavy (non-hydrogen) atoms. The standard InChI is InChI=1S/C21H18ClN3O2S/c1-12-19-18(16-5-3-4-6-17(16)28-19)21(27)25(24-12)13(2)20(26)23-11-14-7-9-15(22)10-8-14/h3-10,13H,11H2,1-2H3,(H,23,26). The number of aromatic nitrogens is 2. The van der Waals surface area contributed by atoms with Crippen molar-refractivity contribution in [3.8, 4) is 0 Å². The Balaban J connectivity index is 1.66. The molecule has 0 bridgehead atoms. The summed E-state index contributed by atoms with van der Waals surface area (Å²) in [6.07, 6.45) is 0. The van der Waals surface area contributed by atoms with E-state index in [0.29, 0.717) is 17.0 Å². The number of carbonyl (C=O) groups excluding carboxylic acids is 1. The fraction of sp³-hybridized carbons (Fsp3) is 0.190. The van der Waals surface area contributed by atoms with E-state index in [1.807, 2.05) is 43.3 Å². The topological polar surface area (TPSA) is 64.0 Å². The number of aryl methyl sites for hydroxylation is 1. The number of amides is 1. The Labute approximate surface area is 170 Å². The highest BCUT2D eigenvalue weighted by atomic mass is 35.5. The van der Waals surface area contributed by atoms with Gasteiger partial charge >= 0.3 is 0 Å². The van der Waals surface area contributed by atoms with Gasteiger partial charge in [-0.2, -0.15) is 5.10 Å². The van der Waals surface area contributed by atoms with Crippen LogP contribution in [0.3, 0.4) is 0 Å². The van der Waals surface area contributed by atoms with Gasteiger partial charge in [-0.3, -0.25) is 9.59 Å². The normalized spacial score (nSPS) is 12.4. The summed E-state index contributed by atoms with van der Waals surface area (Å²) in [7, 11) is 0. The highest BCUT2D eigenvalue weighted by molar-refractivity contribution is 7.26. The van der Waals surface area contributed by atoms with E-state index in [-0.39, 0.29) is 11.5 Å². The molecule has 0 aliphatic carbocycles. The second-order valence-electron chi connectivity index (χ2n) is 6.66. The minimum Gasteiger partial charge on any atom is -0.350 e. The van der Waals surface area contributed by atoms with Crippen molar-refractivity contribution in [2.24, 2.45) is 0 Å². The third-order valence-electron chi connectivity index (χ3n) is 4.73. The third kappa shape index (κ3) is 3.30. The van der Waals surface area contributed by atoms with E-state index >= 15 is 0 Å². The van der Waals surface area contributed by atoms with Crippen LogP contribution in [0.15, 0.2) is 53.3 Å². The first-order chi connectivity index (χ1) is 13.5. The number of fused-ring (bicyclic) bond motifs is 3. The summed E-state index contributed by atoms with van der Waals surface area (Å²) in [5.74, 6) is -0.261. The number of halogens is 1. The van der Waals surface area contributed by atoms with Gasteiger partial charge in [0, 0.05) is 21.7 Å². The highest BCUT2D eigenvalue weighted by Crippen LogP contribution is 2.32. The van der Waals surface area contributed by atoms with E-state index < -0.39 is 6.04 Å². The zero-order valence-corrected chi connectivity index (χ0v) is 17.0. The SMILES string of the molecule is Cc1nn(C(C)C(=O)NCc2ccc(Cl)cc2)c(=O)c2c1sc1ccccc12. The molecule has 0 saturated carbocycles. The Bertz CT molecular complexity index is 1240. The molecule has 7 heteroatoms. The maximum absolute atomic E-state index is 13.1. The minimum absolute atomic E-state index is 0.243. The van der Waals surface area contributed by atoms with Crippen molar-refractivity contribution >= 4 is 49.0 Å². The number of hydrogen-bond donors (Lipinski definition) is 1. The number of rotatable bonds is 4. The third-order valence-corrected chi connectivity index (χ3v) is 6.26. The summed E-state index contributed by atoms with van der Waals surface area (Å²) >= 11 is 7.44. The van der Waals surface area contributed by atoms with E-state index in [1.165, 1.54) is 4.68 Å². The zero-order chi connectivity index (χ0) is 19.8. The molecular formula is C21H18ClN3O2S. The van der Waals surface area contributed by atoms with E-state index in [0.717, 1.165) is 26.0 Å². The molecule has 0 fully saturated rings. The Kier molecular flexibility index (Phi) is 4.91. The number of thiophene rings is 1. The fourth-order valence-electron chi connectivity index (χ4n) is 3.19. The molecule has 0 spiro atoms. The van der Waals surface area contributed by atoms with Crippen LogP contribution in [-0.2, 0) is 11.3 Å². The molecule has 4 rings (SSSR count). The summed E-state index contributed by atoms with van der Waals surface area (Å²) in [6.45, 7) is 3.91. The van der Waals surface area contributed by atoms with Gasteiger partial charge in [-0.15, -0.1) is 11.3 Å². The van der Waals surface area contributed by atoms with Gasteiger partial charge in [0.15, 0.2) is 0 Å². The predicted octanol–water partition coefficient (Wildman–Crippen LogP) is 4.45. The van der Waals surface area contributed by atoms with Gasteiger partial charge in [0.2, 0.25) is 5.91 Å². The van der Waals surface area contributed by atoms with Gasteiger partial charge in [-0.1, -0.05) is 41.9 Å². The molecule has 4 aromatic rings. The Morgan fingerprint density at radius 3 is 2.68 bits per heavy atom. The van der Waals surface area contributed by atoms with Crippen LogP contribution in [0.25, 0.3) is 20.2 Å². The number of benzene rings is 2. The first-order valence-corrected chi connectivity index (χ1v) is 10.1. The van der Waals surface area contributed by atoms with Crippen LogP contribution < -0.4 is 10.9 Å². The maximum atomic E-state index is 13.1. The number of nitrogens with zero attached hydrogens (tertiary/aromatic N) is 2. The number of nitrogens with one attached hydrogen (secondary N) is 1. The Morgan fingerprint density at radius 1 is 1.21 bits per heavy atom. The number of hydrogen-bond acceptors (Lipinski definition) is 4. The summed E-state index contributed by atoms with van der Waals surface area (Å²) in [5.41, 5.74) is 1.43. The van der Waals surface area contributed by atoms with Crippen molar-refractivity contribution in [2.75, 3.05) is 0 Å². The smallest absolute Gasteiger partial charge is 0.276 e. The van der Waals surface area contributed by atoms with Crippen molar-refractivity contribution < 1.29 is 4.79 Å². The van der Waals surface area contributed by atoms with E-state index in [9.17, 15) is 9.59 Å². The molecule has 2 aromatic heterocycles. The van der Waals surface area contributed by atoms with Crippen LogP contribution in [0.5, 0.6) is 0 Å². The maximum Gasteiger partial charge on any atom is 0.276 e. The average molecular weight is 412 g/mol. The van der Waals surface area contributed by atoms with Crippen molar-refractivity contribution in [3.63, 3.8) is 0 Å². The predicted molar refractivity (Wildman–Crippen MR) is 114 cm³/mol. The van der Waals surface area contributed by atoms with Gasteiger partial charge < -0.3 is 5.32 Å². The molecule has 0 aliphatic heterocycles. The van der Waals surface area contributed by atoms with Crippen LogP contribution >= 0.6 is 22.9 Å². The molecular weight excluding hydrogens is 394 g/mol. The lowest BCUT2D eigenvalue weighted by atomic mass is 10.2. The second-order valence-corrected chi connectivity index (χ2v) is 8.15. The first-order valence-electron chi connectivity index (χ1n) is 8.88. The van der Waals surface area contributed by atoms with Crippen LogP contribution in [0, 0.1) is 6.92 Å². The van der Waals surface area contributed by atoms with E-state index in [1.54, 1.807) is 30.4 Å². The Morgan fingerprint density at radius 2 is 1.93 bits per heavy atom. The first kappa shape index (κ1) is 18.7. The minimum atomic E-state index is -0.721. The number of carbonyl (C=O) groups is 1. The summed E-state index contributed by atoms with van der Waals surface area (Å²) in [4.78, 5) is 25.8. The lowest BCUT2D eigenvalue weighted by molar-refractivity contribution is -0.124. The van der Waals surface area contributed by atoms with Gasteiger partial charge in [0.1, 0.15) is 6.04 Å². The molecule has 2 aromatic carbocycles. The van der Waals surface area contributed by atoms with Gasteiger partial charge in [0.25, 0.3) is 5.56 Å². The summed E-state index contributed by atoms with van der Waals surface area (Å²) in [5, 5.41) is 9.46. The van der Waals surface area contributed by atoms with Crippen molar-refractivity contribution in [1.82, 2.24) is 15.1 Å².